The van der Waals surface area contributed by atoms with E-state index in [1.54, 1.807) is 0 Å². The number of fused-ring (bicyclic) bond motifs is 1. The van der Waals surface area contributed by atoms with E-state index in [1.165, 1.54) is 30.2 Å². The van der Waals surface area contributed by atoms with Gasteiger partial charge >= 0.3 is 12.1 Å². The Labute approximate surface area is 195 Å². The second kappa shape index (κ2) is 8.78. The highest BCUT2D eigenvalue weighted by Gasteiger charge is 2.37. The minimum atomic E-state index is -4.80. The summed E-state index contributed by atoms with van der Waals surface area (Å²) in [6.07, 6.45) is -3.05. The van der Waals surface area contributed by atoms with Crippen molar-refractivity contribution >= 4 is 23.3 Å². The standard InChI is InChI=1S/C22H20F5N5O3/c1-12(29-18-14(20(34)35)4-2-6-28-18)15-8-13(22(25,26)27)10-32-17(33)9-16(30-19(15)32)31-7-3-5-21(23,24)11-31/h2,4,6,8-10,12H,3,5,7,11H2,1H3,(H,28,29)(H,34,35). The predicted molar refractivity (Wildman–Crippen MR) is 116 cm³/mol. The molecule has 3 aromatic heterocycles. The number of anilines is 2. The molecule has 8 nitrogen and oxygen atoms in total. The van der Waals surface area contributed by atoms with Gasteiger partial charge in [-0.15, -0.1) is 0 Å². The third-order valence-electron chi connectivity index (χ3n) is 5.68. The summed E-state index contributed by atoms with van der Waals surface area (Å²) in [7, 11) is 0. The second-order valence-electron chi connectivity index (χ2n) is 8.28. The number of carboxylic acids is 1. The van der Waals surface area contributed by atoms with Crippen molar-refractivity contribution in [1.82, 2.24) is 14.4 Å². The molecule has 1 fully saturated rings. The molecule has 1 saturated heterocycles. The highest BCUT2D eigenvalue weighted by molar-refractivity contribution is 5.93. The summed E-state index contributed by atoms with van der Waals surface area (Å²) >= 11 is 0. The lowest BCUT2D eigenvalue weighted by molar-refractivity contribution is -0.137. The number of rotatable bonds is 5. The maximum atomic E-state index is 13.9. The van der Waals surface area contributed by atoms with E-state index in [1.807, 2.05) is 0 Å². The van der Waals surface area contributed by atoms with Gasteiger partial charge < -0.3 is 15.3 Å². The maximum Gasteiger partial charge on any atom is 0.417 e. The van der Waals surface area contributed by atoms with E-state index in [0.29, 0.717) is 10.6 Å². The van der Waals surface area contributed by atoms with Gasteiger partial charge in [-0.3, -0.25) is 9.20 Å². The molecule has 4 rings (SSSR count). The third kappa shape index (κ3) is 5.03. The van der Waals surface area contributed by atoms with E-state index in [-0.39, 0.29) is 47.8 Å². The van der Waals surface area contributed by atoms with Gasteiger partial charge in [0, 0.05) is 37.0 Å². The van der Waals surface area contributed by atoms with Crippen LogP contribution in [0.2, 0.25) is 0 Å². The molecule has 0 amide bonds. The van der Waals surface area contributed by atoms with Crippen molar-refractivity contribution < 1.29 is 31.9 Å². The summed E-state index contributed by atoms with van der Waals surface area (Å²) < 4.78 is 69.4. The van der Waals surface area contributed by atoms with Crippen LogP contribution in [-0.4, -0.2) is 44.5 Å². The highest BCUT2D eigenvalue weighted by Crippen LogP contribution is 2.34. The molecule has 1 aliphatic heterocycles. The number of hydrogen-bond donors (Lipinski definition) is 2. The molecule has 0 aromatic carbocycles. The smallest absolute Gasteiger partial charge is 0.417 e. The van der Waals surface area contributed by atoms with Crippen LogP contribution in [0.5, 0.6) is 0 Å². The van der Waals surface area contributed by atoms with Crippen molar-refractivity contribution in [2.24, 2.45) is 0 Å². The van der Waals surface area contributed by atoms with Gasteiger partial charge in [0.25, 0.3) is 11.5 Å². The fraction of sp³-hybridized carbons (Fsp3) is 0.364. The number of aromatic carboxylic acids is 1. The number of pyridine rings is 2. The zero-order valence-corrected chi connectivity index (χ0v) is 18.3. The van der Waals surface area contributed by atoms with Crippen molar-refractivity contribution in [2.75, 3.05) is 23.3 Å². The van der Waals surface area contributed by atoms with Gasteiger partial charge in [0.1, 0.15) is 22.8 Å². The second-order valence-corrected chi connectivity index (χ2v) is 8.28. The molecule has 35 heavy (non-hydrogen) atoms. The first-order valence-electron chi connectivity index (χ1n) is 10.6. The summed E-state index contributed by atoms with van der Waals surface area (Å²) in [5.41, 5.74) is -2.49. The average Bonchev–Trinajstić information content (AvgIpc) is 2.77. The Bertz CT molecular complexity index is 1340. The lowest BCUT2D eigenvalue weighted by Crippen LogP contribution is -2.43. The number of hydrogen-bond acceptors (Lipinski definition) is 6. The van der Waals surface area contributed by atoms with E-state index in [2.05, 4.69) is 15.3 Å². The zero-order valence-electron chi connectivity index (χ0n) is 18.3. The molecule has 4 heterocycles. The number of nitrogens with one attached hydrogen (secondary N) is 1. The Morgan fingerprint density at radius 2 is 2.03 bits per heavy atom. The lowest BCUT2D eigenvalue weighted by Gasteiger charge is -2.33. The Morgan fingerprint density at radius 1 is 1.29 bits per heavy atom. The molecule has 0 radical (unpaired) electrons. The van der Waals surface area contributed by atoms with Crippen molar-refractivity contribution in [3.63, 3.8) is 0 Å². The van der Waals surface area contributed by atoms with Gasteiger partial charge in [0.2, 0.25) is 0 Å². The maximum absolute atomic E-state index is 13.9. The molecular weight excluding hydrogens is 477 g/mol. The molecular formula is C22H20F5N5O3. The van der Waals surface area contributed by atoms with Crippen molar-refractivity contribution in [1.29, 1.82) is 0 Å². The van der Waals surface area contributed by atoms with Crippen LogP contribution < -0.4 is 15.8 Å². The number of piperidine rings is 1. The minimum Gasteiger partial charge on any atom is -0.478 e. The number of halogens is 5. The van der Waals surface area contributed by atoms with Crippen molar-refractivity contribution in [3.8, 4) is 0 Å². The van der Waals surface area contributed by atoms with E-state index in [0.717, 1.165) is 12.1 Å². The number of aromatic nitrogens is 3. The monoisotopic (exact) mass is 497 g/mol. The SMILES string of the molecule is CC(Nc1ncccc1C(=O)O)c1cc(C(F)(F)F)cn2c(=O)cc(N3CCCC(F)(F)C3)nc12. The Morgan fingerprint density at radius 3 is 2.69 bits per heavy atom. The molecule has 2 N–H and O–H groups in total. The number of alkyl halides is 5. The van der Waals surface area contributed by atoms with E-state index < -0.39 is 41.8 Å². The Balaban J connectivity index is 1.86. The van der Waals surface area contributed by atoms with Gasteiger partial charge in [-0.1, -0.05) is 0 Å². The van der Waals surface area contributed by atoms with Crippen LogP contribution in [-0.2, 0) is 6.18 Å². The normalized spacial score (nSPS) is 16.8. The first-order chi connectivity index (χ1) is 16.4. The lowest BCUT2D eigenvalue weighted by atomic mass is 10.1. The number of carboxylic acid groups (broad SMARTS) is 1. The van der Waals surface area contributed by atoms with Gasteiger partial charge in [-0.25, -0.2) is 23.5 Å². The van der Waals surface area contributed by atoms with Crippen LogP contribution in [0.25, 0.3) is 5.65 Å². The molecule has 1 aliphatic rings. The Hall–Kier alpha value is -3.77. The molecule has 0 aliphatic carbocycles. The van der Waals surface area contributed by atoms with Gasteiger partial charge in [-0.2, -0.15) is 13.2 Å². The van der Waals surface area contributed by atoms with Gasteiger partial charge in [0.05, 0.1) is 18.2 Å². The van der Waals surface area contributed by atoms with Crippen LogP contribution in [0.1, 0.15) is 47.3 Å². The topological polar surface area (TPSA) is 99.8 Å². The molecule has 0 spiro atoms. The average molecular weight is 497 g/mol. The van der Waals surface area contributed by atoms with Crippen LogP contribution in [0.15, 0.2) is 41.5 Å². The van der Waals surface area contributed by atoms with Crippen molar-refractivity contribution in [3.05, 3.63) is 63.7 Å². The largest absolute Gasteiger partial charge is 0.478 e. The fourth-order valence-electron chi connectivity index (χ4n) is 3.99. The summed E-state index contributed by atoms with van der Waals surface area (Å²) in [6.45, 7) is 0.983. The van der Waals surface area contributed by atoms with Crippen LogP contribution in [0.3, 0.4) is 0 Å². The molecule has 0 bridgehead atoms. The first-order valence-corrected chi connectivity index (χ1v) is 10.6. The van der Waals surface area contributed by atoms with Crippen LogP contribution in [0, 0.1) is 0 Å². The molecule has 1 atom stereocenters. The van der Waals surface area contributed by atoms with Gasteiger partial charge in [-0.05, 0) is 31.5 Å². The summed E-state index contributed by atoms with van der Waals surface area (Å²) in [6, 6.07) is 3.38. The summed E-state index contributed by atoms with van der Waals surface area (Å²) in [5.74, 6) is -4.47. The fourth-order valence-corrected chi connectivity index (χ4v) is 3.99. The summed E-state index contributed by atoms with van der Waals surface area (Å²) in [4.78, 5) is 33.7. The number of carbonyl (C=O) groups is 1. The molecule has 1 unspecified atom stereocenters. The zero-order chi connectivity index (χ0) is 25.5. The van der Waals surface area contributed by atoms with Crippen molar-refractivity contribution in [2.45, 2.75) is 37.9 Å². The predicted octanol–water partition coefficient (Wildman–Crippen LogP) is 4.22. The van der Waals surface area contributed by atoms with E-state index in [4.69, 9.17) is 0 Å². The van der Waals surface area contributed by atoms with Crippen LogP contribution in [0.4, 0.5) is 33.6 Å². The molecule has 0 saturated carbocycles. The van der Waals surface area contributed by atoms with E-state index >= 15 is 0 Å². The third-order valence-corrected chi connectivity index (χ3v) is 5.68. The first kappa shape index (κ1) is 24.4. The molecule has 3 aromatic rings. The minimum absolute atomic E-state index is 0.0772. The van der Waals surface area contributed by atoms with Gasteiger partial charge in [0.15, 0.2) is 0 Å². The van der Waals surface area contributed by atoms with E-state index in [9.17, 15) is 36.6 Å². The number of nitrogens with zero attached hydrogens (tertiary/aromatic N) is 4. The highest BCUT2D eigenvalue weighted by atomic mass is 19.4. The quantitative estimate of drug-likeness (QED) is 0.510. The Kier molecular flexibility index (Phi) is 6.11. The van der Waals surface area contributed by atoms with Crippen LogP contribution >= 0.6 is 0 Å². The molecule has 13 heteroatoms. The molecule has 186 valence electrons. The summed E-state index contributed by atoms with van der Waals surface area (Å²) in [5, 5.41) is 12.1.